The summed E-state index contributed by atoms with van der Waals surface area (Å²) in [5, 5.41) is 0.984. The molecule has 0 N–H and O–H groups in total. The van der Waals surface area contributed by atoms with Gasteiger partial charge in [-0.3, -0.25) is 0 Å². The minimum absolute atomic E-state index is 0.984. The van der Waals surface area contributed by atoms with Gasteiger partial charge in [-0.15, -0.1) is 13.2 Å². The molecule has 0 radical (unpaired) electrons. The molecule has 3 nitrogen and oxygen atoms in total. The van der Waals surface area contributed by atoms with E-state index in [1.165, 1.54) is 0 Å². The summed E-state index contributed by atoms with van der Waals surface area (Å²) < 4.78 is 18.8. The van der Waals surface area contributed by atoms with Gasteiger partial charge in [-0.05, 0) is 26.2 Å². The van der Waals surface area contributed by atoms with Crippen molar-refractivity contribution in [3.8, 4) is 0 Å². The molecule has 0 saturated heterocycles. The SMILES string of the molecule is C=C[Si](C)(C)O[Si](OC)(O[Si](C)(C)C=C)c1ccccc1. The van der Waals surface area contributed by atoms with E-state index in [0.29, 0.717) is 0 Å². The van der Waals surface area contributed by atoms with Gasteiger partial charge in [0.2, 0.25) is 16.6 Å². The van der Waals surface area contributed by atoms with Crippen molar-refractivity contribution in [1.29, 1.82) is 0 Å². The second-order valence-electron chi connectivity index (χ2n) is 5.95. The summed E-state index contributed by atoms with van der Waals surface area (Å²) in [4.78, 5) is 0. The fraction of sp³-hybridized carbons (Fsp3) is 0.333. The maximum absolute atomic E-state index is 6.45. The van der Waals surface area contributed by atoms with E-state index in [0.717, 1.165) is 5.19 Å². The number of hydrogen-bond acceptors (Lipinski definition) is 3. The Morgan fingerprint density at radius 2 is 1.29 bits per heavy atom. The van der Waals surface area contributed by atoms with Crippen molar-refractivity contribution in [3.63, 3.8) is 0 Å². The van der Waals surface area contributed by atoms with E-state index in [4.69, 9.17) is 12.7 Å². The molecule has 0 aliphatic carbocycles. The Morgan fingerprint density at radius 3 is 1.62 bits per heavy atom. The van der Waals surface area contributed by atoms with Gasteiger partial charge < -0.3 is 12.7 Å². The van der Waals surface area contributed by atoms with E-state index in [1.54, 1.807) is 7.11 Å². The van der Waals surface area contributed by atoms with Crippen molar-refractivity contribution in [2.24, 2.45) is 0 Å². The number of rotatable bonds is 8. The predicted molar refractivity (Wildman–Crippen MR) is 96.4 cm³/mol. The van der Waals surface area contributed by atoms with E-state index < -0.39 is 25.4 Å². The van der Waals surface area contributed by atoms with Crippen molar-refractivity contribution in [2.45, 2.75) is 26.2 Å². The quantitative estimate of drug-likeness (QED) is 0.680. The third-order valence-corrected chi connectivity index (χ3v) is 13.1. The molecule has 0 aliphatic heterocycles. The molecule has 21 heavy (non-hydrogen) atoms. The molecule has 0 aromatic heterocycles. The normalized spacial score (nSPS) is 13.0. The van der Waals surface area contributed by atoms with Crippen molar-refractivity contribution in [3.05, 3.63) is 54.9 Å². The molecule has 0 amide bonds. The lowest BCUT2D eigenvalue weighted by atomic mass is 10.4. The summed E-state index contributed by atoms with van der Waals surface area (Å²) in [7, 11) is -5.44. The standard InChI is InChI=1S/C15H26O3Si3/c1-8-19(4,5)17-21(16-3,18-20(6,7)9-2)15-13-11-10-12-14-15/h8-14H,1-2H2,3-7H3. The first-order valence-electron chi connectivity index (χ1n) is 6.98. The molecule has 0 unspecified atom stereocenters. The molecule has 0 heterocycles. The molecular formula is C15H26O3Si3. The summed E-state index contributed by atoms with van der Waals surface area (Å²) in [6, 6.07) is 9.96. The molecular weight excluding hydrogens is 312 g/mol. The molecule has 6 heteroatoms. The van der Waals surface area contributed by atoms with Crippen LogP contribution in [-0.4, -0.2) is 32.5 Å². The molecule has 1 rings (SSSR count). The van der Waals surface area contributed by atoms with Crippen LogP contribution in [0.25, 0.3) is 0 Å². The van der Waals surface area contributed by atoms with Crippen LogP contribution in [0.3, 0.4) is 0 Å². The largest absolute Gasteiger partial charge is 0.516 e. The van der Waals surface area contributed by atoms with Gasteiger partial charge in [-0.25, -0.2) is 0 Å². The minimum atomic E-state index is -2.98. The average Bonchev–Trinajstić information content (AvgIpc) is 2.47. The zero-order valence-corrected chi connectivity index (χ0v) is 16.7. The van der Waals surface area contributed by atoms with Crippen LogP contribution in [0, 0.1) is 0 Å². The first-order chi connectivity index (χ1) is 9.70. The van der Waals surface area contributed by atoms with Gasteiger partial charge in [-0.1, -0.05) is 41.7 Å². The smallest absolute Gasteiger partial charge is 0.409 e. The molecule has 0 aliphatic rings. The first kappa shape index (κ1) is 18.3. The summed E-state index contributed by atoms with van der Waals surface area (Å²) >= 11 is 0. The summed E-state index contributed by atoms with van der Waals surface area (Å²) in [6.45, 7) is 16.2. The van der Waals surface area contributed by atoms with Gasteiger partial charge in [0.05, 0.1) is 0 Å². The second kappa shape index (κ2) is 6.99. The fourth-order valence-corrected chi connectivity index (χ4v) is 11.0. The first-order valence-corrected chi connectivity index (χ1v) is 14.7. The third kappa shape index (κ3) is 4.87. The Morgan fingerprint density at radius 1 is 0.857 bits per heavy atom. The van der Waals surface area contributed by atoms with Gasteiger partial charge in [0.25, 0.3) is 0 Å². The number of benzene rings is 1. The van der Waals surface area contributed by atoms with Gasteiger partial charge >= 0.3 is 8.80 Å². The van der Waals surface area contributed by atoms with Crippen molar-refractivity contribution < 1.29 is 12.7 Å². The van der Waals surface area contributed by atoms with Crippen molar-refractivity contribution in [2.75, 3.05) is 7.11 Å². The van der Waals surface area contributed by atoms with Crippen LogP contribution < -0.4 is 5.19 Å². The third-order valence-electron chi connectivity index (χ3n) is 3.17. The molecule has 0 saturated carbocycles. The van der Waals surface area contributed by atoms with Gasteiger partial charge in [0.1, 0.15) is 0 Å². The zero-order valence-electron chi connectivity index (χ0n) is 13.7. The maximum atomic E-state index is 6.45. The highest BCUT2D eigenvalue weighted by atomic mass is 28.5. The fourth-order valence-electron chi connectivity index (χ4n) is 1.76. The monoisotopic (exact) mass is 338 g/mol. The molecule has 1 aromatic carbocycles. The van der Waals surface area contributed by atoms with E-state index in [1.807, 2.05) is 41.7 Å². The van der Waals surface area contributed by atoms with E-state index >= 15 is 0 Å². The lowest BCUT2D eigenvalue weighted by Gasteiger charge is -2.38. The predicted octanol–water partition coefficient (Wildman–Crippen LogP) is 3.37. The van der Waals surface area contributed by atoms with Crippen LogP contribution >= 0.6 is 0 Å². The van der Waals surface area contributed by atoms with Crippen LogP contribution in [-0.2, 0) is 12.7 Å². The molecule has 116 valence electrons. The summed E-state index contributed by atoms with van der Waals surface area (Å²) in [6.07, 6.45) is 0. The second-order valence-corrected chi connectivity index (χ2v) is 16.9. The molecule has 0 spiro atoms. The molecule has 0 bridgehead atoms. The molecule has 1 aromatic rings. The van der Waals surface area contributed by atoms with Gasteiger partial charge in [0, 0.05) is 12.3 Å². The van der Waals surface area contributed by atoms with E-state index in [2.05, 4.69) is 39.3 Å². The van der Waals surface area contributed by atoms with Crippen molar-refractivity contribution in [1.82, 2.24) is 0 Å². The van der Waals surface area contributed by atoms with E-state index in [9.17, 15) is 0 Å². The summed E-state index contributed by atoms with van der Waals surface area (Å²) in [5.41, 5.74) is 3.81. The number of hydrogen-bond donors (Lipinski definition) is 0. The summed E-state index contributed by atoms with van der Waals surface area (Å²) in [5.74, 6) is 0. The lowest BCUT2D eigenvalue weighted by Crippen LogP contribution is -2.64. The van der Waals surface area contributed by atoms with Crippen LogP contribution in [0.2, 0.25) is 26.2 Å². The average molecular weight is 339 g/mol. The maximum Gasteiger partial charge on any atom is 0.516 e. The lowest BCUT2D eigenvalue weighted by molar-refractivity contribution is 0.219. The molecule has 0 atom stereocenters. The van der Waals surface area contributed by atoms with Gasteiger partial charge in [-0.2, -0.15) is 0 Å². The highest BCUT2D eigenvalue weighted by Crippen LogP contribution is 2.22. The van der Waals surface area contributed by atoms with E-state index in [-0.39, 0.29) is 0 Å². The Bertz CT molecular complexity index is 464. The zero-order chi connectivity index (χ0) is 16.1. The Kier molecular flexibility index (Phi) is 6.09. The van der Waals surface area contributed by atoms with Crippen molar-refractivity contribution >= 4 is 30.6 Å². The minimum Gasteiger partial charge on any atom is -0.409 e. The Balaban J connectivity index is 3.32. The van der Waals surface area contributed by atoms with Crippen LogP contribution in [0.4, 0.5) is 0 Å². The highest BCUT2D eigenvalue weighted by Gasteiger charge is 2.49. The van der Waals surface area contributed by atoms with Crippen LogP contribution in [0.15, 0.2) is 54.9 Å². The Labute approximate surface area is 131 Å². The topological polar surface area (TPSA) is 27.7 Å². The van der Waals surface area contributed by atoms with Gasteiger partial charge in [0.15, 0.2) is 0 Å². The molecule has 0 fully saturated rings. The van der Waals surface area contributed by atoms with Crippen LogP contribution in [0.5, 0.6) is 0 Å². The Hall–Kier alpha value is -0.769. The highest BCUT2D eigenvalue weighted by molar-refractivity contribution is 6.94. The van der Waals surface area contributed by atoms with Crippen LogP contribution in [0.1, 0.15) is 0 Å².